The van der Waals surface area contributed by atoms with E-state index in [1.165, 1.54) is 85.4 Å². The molecule has 13 aromatic rings. The van der Waals surface area contributed by atoms with Crippen LogP contribution < -0.4 is 0 Å². The molecule has 0 fully saturated rings. The highest BCUT2D eigenvalue weighted by atomic mass is 32.1. The summed E-state index contributed by atoms with van der Waals surface area (Å²) in [4.78, 5) is 5.56. The lowest BCUT2D eigenvalue weighted by atomic mass is 10.00. The van der Waals surface area contributed by atoms with Crippen molar-refractivity contribution in [2.24, 2.45) is 0 Å². The summed E-state index contributed by atoms with van der Waals surface area (Å²) in [6.07, 6.45) is 0. The molecule has 264 valence electrons. The van der Waals surface area contributed by atoms with Gasteiger partial charge in [0.2, 0.25) is 0 Å². The van der Waals surface area contributed by atoms with Crippen LogP contribution in [0.15, 0.2) is 188 Å². The topological polar surface area (TPSA) is 22.2 Å². The third-order valence-corrected chi connectivity index (χ3v) is 13.3. The van der Waals surface area contributed by atoms with Crippen LogP contribution in [-0.4, -0.2) is 14.0 Å². The Labute approximate surface area is 330 Å². The molecule has 0 spiro atoms. The number of fused-ring (bicyclic) bond motifs is 16. The minimum absolute atomic E-state index is 1.01. The fourth-order valence-corrected chi connectivity index (χ4v) is 10.7. The molecule has 0 radical (unpaired) electrons. The van der Waals surface area contributed by atoms with E-state index in [2.05, 4.69) is 197 Å². The van der Waals surface area contributed by atoms with E-state index >= 15 is 0 Å². The van der Waals surface area contributed by atoms with Gasteiger partial charge in [0.15, 0.2) is 5.65 Å². The van der Waals surface area contributed by atoms with Gasteiger partial charge in [-0.2, -0.15) is 0 Å². The van der Waals surface area contributed by atoms with Crippen molar-refractivity contribution < 1.29 is 0 Å². The third kappa shape index (κ3) is 4.39. The molecular formula is C53H31N3S. The monoisotopic (exact) mass is 741 g/mol. The number of hydrogen-bond donors (Lipinski definition) is 0. The number of rotatable bonds is 3. The van der Waals surface area contributed by atoms with Crippen molar-refractivity contribution >= 4 is 102 Å². The average molecular weight is 742 g/mol. The maximum atomic E-state index is 5.56. The second kappa shape index (κ2) is 11.6. The Bertz CT molecular complexity index is 3790. The third-order valence-electron chi connectivity index (χ3n) is 12.1. The molecule has 0 saturated heterocycles. The zero-order valence-electron chi connectivity index (χ0n) is 30.6. The van der Waals surface area contributed by atoms with Gasteiger partial charge in [0, 0.05) is 37.3 Å². The Hall–Kier alpha value is -7.27. The van der Waals surface area contributed by atoms with Gasteiger partial charge in [-0.1, -0.05) is 152 Å². The summed E-state index contributed by atoms with van der Waals surface area (Å²) in [6, 6.07) is 68.8. The Balaban J connectivity index is 1.04. The second-order valence-corrected chi connectivity index (χ2v) is 16.1. The minimum Gasteiger partial charge on any atom is -0.309 e. The first-order chi connectivity index (χ1) is 28.3. The smallest absolute Gasteiger partial charge is 0.156 e. The van der Waals surface area contributed by atoms with E-state index in [1.807, 2.05) is 11.3 Å². The lowest BCUT2D eigenvalue weighted by Crippen LogP contribution is -1.94. The van der Waals surface area contributed by atoms with Crippen LogP contribution in [0.5, 0.6) is 0 Å². The molecular weight excluding hydrogens is 711 g/mol. The highest BCUT2D eigenvalue weighted by molar-refractivity contribution is 7.27. The summed E-state index contributed by atoms with van der Waals surface area (Å²) in [7, 11) is 0. The Morgan fingerprint density at radius 2 is 1.00 bits per heavy atom. The molecule has 4 heteroatoms. The van der Waals surface area contributed by atoms with Gasteiger partial charge < -0.3 is 4.57 Å². The van der Waals surface area contributed by atoms with Gasteiger partial charge in [-0.25, -0.2) is 4.98 Å². The Morgan fingerprint density at radius 1 is 0.368 bits per heavy atom. The minimum atomic E-state index is 1.01. The fraction of sp³-hybridized carbons (Fsp3) is 0. The molecule has 3 nitrogen and oxygen atoms in total. The van der Waals surface area contributed by atoms with Gasteiger partial charge in [-0.3, -0.25) is 4.40 Å². The molecule has 0 aliphatic heterocycles. The molecule has 0 amide bonds. The first-order valence-corrected chi connectivity index (χ1v) is 20.3. The van der Waals surface area contributed by atoms with E-state index in [0.29, 0.717) is 0 Å². The lowest BCUT2D eigenvalue weighted by Gasteiger charge is -2.11. The average Bonchev–Trinajstić information content (AvgIpc) is 3.96. The summed E-state index contributed by atoms with van der Waals surface area (Å²) < 4.78 is 7.32. The predicted molar refractivity (Wildman–Crippen MR) is 243 cm³/mol. The van der Waals surface area contributed by atoms with Crippen LogP contribution in [0.4, 0.5) is 0 Å². The highest BCUT2D eigenvalue weighted by Crippen LogP contribution is 2.44. The van der Waals surface area contributed by atoms with Gasteiger partial charge in [0.25, 0.3) is 0 Å². The first kappa shape index (κ1) is 31.0. The molecule has 0 unspecified atom stereocenters. The number of benzene rings is 9. The van der Waals surface area contributed by atoms with Crippen molar-refractivity contribution in [1.82, 2.24) is 14.0 Å². The fourth-order valence-electron chi connectivity index (χ4n) is 9.43. The number of imidazole rings is 1. The van der Waals surface area contributed by atoms with Gasteiger partial charge in [0.1, 0.15) is 0 Å². The molecule has 4 aromatic heterocycles. The van der Waals surface area contributed by atoms with Crippen molar-refractivity contribution in [3.8, 4) is 28.1 Å². The van der Waals surface area contributed by atoms with Gasteiger partial charge in [-0.15, -0.1) is 11.3 Å². The molecule has 4 heterocycles. The van der Waals surface area contributed by atoms with Crippen LogP contribution in [0.25, 0.3) is 119 Å². The molecule has 9 aromatic carbocycles. The maximum absolute atomic E-state index is 5.56. The van der Waals surface area contributed by atoms with Crippen LogP contribution in [-0.2, 0) is 0 Å². The van der Waals surface area contributed by atoms with Crippen LogP contribution in [0.3, 0.4) is 0 Å². The molecule has 13 rings (SSSR count). The number of para-hydroxylation sites is 2. The highest BCUT2D eigenvalue weighted by Gasteiger charge is 2.21. The normalized spacial score (nSPS) is 12.2. The molecule has 0 atom stereocenters. The zero-order chi connectivity index (χ0) is 37.2. The van der Waals surface area contributed by atoms with Crippen molar-refractivity contribution in [2.45, 2.75) is 0 Å². The van der Waals surface area contributed by atoms with Gasteiger partial charge in [-0.05, 0) is 80.0 Å². The number of nitrogens with zero attached hydrogens (tertiary/aromatic N) is 3. The van der Waals surface area contributed by atoms with Crippen LogP contribution in [0, 0.1) is 0 Å². The summed E-state index contributed by atoms with van der Waals surface area (Å²) >= 11 is 1.86. The largest absolute Gasteiger partial charge is 0.309 e. The Kier molecular flexibility index (Phi) is 6.32. The zero-order valence-corrected chi connectivity index (χ0v) is 31.5. The number of pyridine rings is 1. The quantitative estimate of drug-likeness (QED) is 0.165. The van der Waals surface area contributed by atoms with E-state index in [9.17, 15) is 0 Å². The van der Waals surface area contributed by atoms with E-state index in [4.69, 9.17) is 4.98 Å². The summed E-state index contributed by atoms with van der Waals surface area (Å²) in [5, 5.41) is 12.5. The van der Waals surface area contributed by atoms with Crippen molar-refractivity contribution in [2.75, 3.05) is 0 Å². The SMILES string of the molecule is c1ccc(-n2c3ccccc3c3ccc(-c4ccc(-c5cc6c7ccc8ccccc8c7sc6c6nc7c8ccc9ccccc9c8ccc7n56)cc4)cc32)cc1. The van der Waals surface area contributed by atoms with Crippen molar-refractivity contribution in [3.63, 3.8) is 0 Å². The summed E-state index contributed by atoms with van der Waals surface area (Å²) in [5.74, 6) is 0. The van der Waals surface area contributed by atoms with Gasteiger partial charge in [0.05, 0.1) is 32.5 Å². The first-order valence-electron chi connectivity index (χ1n) is 19.5. The van der Waals surface area contributed by atoms with Crippen LogP contribution >= 0.6 is 11.3 Å². The van der Waals surface area contributed by atoms with E-state index in [-0.39, 0.29) is 0 Å². The van der Waals surface area contributed by atoms with Crippen LogP contribution in [0.1, 0.15) is 0 Å². The lowest BCUT2D eigenvalue weighted by molar-refractivity contribution is 1.18. The molecule has 57 heavy (non-hydrogen) atoms. The molecule has 0 N–H and O–H groups in total. The summed E-state index contributed by atoms with van der Waals surface area (Å²) in [5.41, 5.74) is 11.4. The predicted octanol–water partition coefficient (Wildman–Crippen LogP) is 14.7. The van der Waals surface area contributed by atoms with E-state index in [1.54, 1.807) is 0 Å². The second-order valence-electron chi connectivity index (χ2n) is 15.1. The van der Waals surface area contributed by atoms with Crippen molar-refractivity contribution in [1.29, 1.82) is 0 Å². The number of hydrogen-bond acceptors (Lipinski definition) is 2. The molecule has 0 saturated carbocycles. The number of thiophene rings is 1. The van der Waals surface area contributed by atoms with E-state index in [0.717, 1.165) is 33.6 Å². The molecule has 0 aliphatic rings. The van der Waals surface area contributed by atoms with Gasteiger partial charge >= 0.3 is 0 Å². The molecule has 0 aliphatic carbocycles. The van der Waals surface area contributed by atoms with Crippen LogP contribution in [0.2, 0.25) is 0 Å². The summed E-state index contributed by atoms with van der Waals surface area (Å²) in [6.45, 7) is 0. The molecule has 0 bridgehead atoms. The van der Waals surface area contributed by atoms with E-state index < -0.39 is 0 Å². The number of aromatic nitrogens is 3. The van der Waals surface area contributed by atoms with Crippen molar-refractivity contribution in [3.05, 3.63) is 188 Å². The Morgan fingerprint density at radius 3 is 1.84 bits per heavy atom. The standard InChI is InChI=1S/C53H31N3S/c1-2-12-37(13-3-1)55-46-17-9-8-16-41(46)42-25-24-36(30-49(42)55)32-18-20-35(21-19-32)48-31-45-44-27-23-34-11-5-7-15-39(34)51(44)57-52(45)53-54-50-43-26-22-33-10-4-6-14-38(33)40(43)28-29-47(50)56(48)53/h1-31H. The maximum Gasteiger partial charge on any atom is 0.156 e.